The summed E-state index contributed by atoms with van der Waals surface area (Å²) in [4.78, 5) is 0. The summed E-state index contributed by atoms with van der Waals surface area (Å²) in [6.07, 6.45) is 0.942. The first-order valence-corrected chi connectivity index (χ1v) is 8.08. The lowest BCUT2D eigenvalue weighted by atomic mass is 10.1. The molecule has 1 unspecified atom stereocenters. The summed E-state index contributed by atoms with van der Waals surface area (Å²) in [6, 6.07) is 7.56. The maximum absolute atomic E-state index is 11.9. The van der Waals surface area contributed by atoms with Gasteiger partial charge in [0.05, 0.1) is 0 Å². The summed E-state index contributed by atoms with van der Waals surface area (Å²) in [5.74, 6) is 1.36. The van der Waals surface area contributed by atoms with E-state index in [1.54, 1.807) is 0 Å². The number of nitrogens with one attached hydrogen (secondary N) is 1. The molecule has 1 aromatic carbocycles. The number of hydrogen-bond acceptors (Lipinski definition) is 2. The molecule has 1 rings (SSSR count). The van der Waals surface area contributed by atoms with Gasteiger partial charge in [0.25, 0.3) is 0 Å². The molecule has 2 nitrogen and oxygen atoms in total. The Morgan fingerprint density at radius 2 is 1.83 bits per heavy atom. The van der Waals surface area contributed by atoms with Crippen LogP contribution in [0.2, 0.25) is 5.02 Å². The van der Waals surface area contributed by atoms with Crippen LogP contribution in [0.1, 0.15) is 32.8 Å². The van der Waals surface area contributed by atoms with Crippen LogP contribution in [0, 0.1) is 0 Å². The van der Waals surface area contributed by atoms with Gasteiger partial charge < -0.3 is 5.32 Å². The highest BCUT2D eigenvalue weighted by Crippen LogP contribution is 2.11. The third-order valence-electron chi connectivity index (χ3n) is 2.45. The molecule has 0 spiro atoms. The van der Waals surface area contributed by atoms with E-state index in [0.717, 1.165) is 29.3 Å². The maximum atomic E-state index is 11.9. The zero-order chi connectivity index (χ0) is 13.6. The van der Waals surface area contributed by atoms with Crippen LogP contribution in [0.4, 0.5) is 0 Å². The fraction of sp³-hybridized carbons (Fsp3) is 0.571. The van der Waals surface area contributed by atoms with Gasteiger partial charge in [-0.25, -0.2) is 0 Å². The Hall–Kier alpha value is -0.380. The van der Waals surface area contributed by atoms with Crippen LogP contribution in [0.3, 0.4) is 0 Å². The number of halogens is 1. The summed E-state index contributed by atoms with van der Waals surface area (Å²) >= 11 is 5.81. The number of benzene rings is 1. The van der Waals surface area contributed by atoms with Crippen molar-refractivity contribution >= 4 is 22.4 Å². The predicted molar refractivity (Wildman–Crippen MR) is 80.5 cm³/mol. The second-order valence-corrected chi connectivity index (χ2v) is 7.46. The van der Waals surface area contributed by atoms with Gasteiger partial charge in [-0.1, -0.05) is 23.7 Å². The van der Waals surface area contributed by atoms with Gasteiger partial charge in [0.1, 0.15) is 0 Å². The highest BCUT2D eigenvalue weighted by atomic mass is 35.5. The van der Waals surface area contributed by atoms with E-state index in [2.05, 4.69) is 26.1 Å². The fourth-order valence-corrected chi connectivity index (χ4v) is 2.84. The Bertz CT molecular complexity index is 384. The van der Waals surface area contributed by atoms with Gasteiger partial charge in [-0.15, -0.1) is 0 Å². The molecule has 0 saturated heterocycles. The molecule has 1 aromatic rings. The van der Waals surface area contributed by atoms with Crippen LogP contribution in [0.15, 0.2) is 24.3 Å². The van der Waals surface area contributed by atoms with Crippen molar-refractivity contribution in [2.75, 3.05) is 12.3 Å². The van der Waals surface area contributed by atoms with Gasteiger partial charge in [0.2, 0.25) is 0 Å². The molecule has 0 aromatic heterocycles. The Morgan fingerprint density at radius 3 is 2.39 bits per heavy atom. The molecule has 0 amide bonds. The van der Waals surface area contributed by atoms with Crippen LogP contribution in [0.25, 0.3) is 0 Å². The predicted octanol–water partition coefficient (Wildman–Crippen LogP) is 3.37. The van der Waals surface area contributed by atoms with Gasteiger partial charge >= 0.3 is 0 Å². The molecule has 0 radical (unpaired) electrons. The molecular weight excluding hydrogens is 266 g/mol. The molecule has 0 aliphatic carbocycles. The standard InChI is InChI=1S/C14H22ClNOS/c1-14(2,3)16-9-4-10-18(17)11-12-5-7-13(15)8-6-12/h5-8,16H,4,9-11H2,1-3H3. The Labute approximate surface area is 118 Å². The summed E-state index contributed by atoms with van der Waals surface area (Å²) in [5, 5.41) is 4.12. The second kappa shape index (κ2) is 7.27. The lowest BCUT2D eigenvalue weighted by Crippen LogP contribution is -2.36. The molecule has 0 bridgehead atoms. The third-order valence-corrected chi connectivity index (χ3v) is 4.10. The summed E-state index contributed by atoms with van der Waals surface area (Å²) in [5.41, 5.74) is 1.22. The highest BCUT2D eigenvalue weighted by molar-refractivity contribution is 7.84. The van der Waals surface area contributed by atoms with Gasteiger partial charge in [-0.05, 0) is 51.4 Å². The minimum atomic E-state index is -0.789. The molecule has 0 aliphatic heterocycles. The van der Waals surface area contributed by atoms with E-state index in [4.69, 9.17) is 11.6 Å². The van der Waals surface area contributed by atoms with E-state index >= 15 is 0 Å². The molecule has 102 valence electrons. The van der Waals surface area contributed by atoms with Crippen LogP contribution in [-0.2, 0) is 16.6 Å². The van der Waals surface area contributed by atoms with Gasteiger partial charge in [-0.2, -0.15) is 0 Å². The Balaban J connectivity index is 2.24. The first-order valence-electron chi connectivity index (χ1n) is 6.21. The van der Waals surface area contributed by atoms with Gasteiger partial charge in [-0.3, -0.25) is 4.21 Å². The minimum absolute atomic E-state index is 0.137. The van der Waals surface area contributed by atoms with E-state index in [9.17, 15) is 4.21 Å². The third kappa shape index (κ3) is 7.14. The van der Waals surface area contributed by atoms with Crippen LogP contribution in [0.5, 0.6) is 0 Å². The summed E-state index contributed by atoms with van der Waals surface area (Å²) in [6.45, 7) is 7.32. The van der Waals surface area contributed by atoms with Crippen molar-refractivity contribution in [2.24, 2.45) is 0 Å². The first kappa shape index (κ1) is 15.7. The van der Waals surface area contributed by atoms with Crippen molar-refractivity contribution in [3.63, 3.8) is 0 Å². The molecule has 4 heteroatoms. The molecule has 0 fully saturated rings. The maximum Gasteiger partial charge on any atom is 0.0485 e. The van der Waals surface area contributed by atoms with E-state index in [0.29, 0.717) is 5.75 Å². The normalized spacial score (nSPS) is 13.6. The Kier molecular flexibility index (Phi) is 6.33. The van der Waals surface area contributed by atoms with Crippen molar-refractivity contribution in [1.82, 2.24) is 5.32 Å². The molecule has 0 aliphatic rings. The van der Waals surface area contributed by atoms with E-state index < -0.39 is 10.8 Å². The van der Waals surface area contributed by atoms with Gasteiger partial charge in [0.15, 0.2) is 0 Å². The molecule has 0 heterocycles. The fourth-order valence-electron chi connectivity index (χ4n) is 1.54. The highest BCUT2D eigenvalue weighted by Gasteiger charge is 2.08. The van der Waals surface area contributed by atoms with Crippen molar-refractivity contribution in [2.45, 2.75) is 38.5 Å². The number of rotatable bonds is 6. The molecular formula is C14H22ClNOS. The molecule has 1 N–H and O–H groups in total. The largest absolute Gasteiger partial charge is 0.312 e. The SMILES string of the molecule is CC(C)(C)NCCCS(=O)Cc1ccc(Cl)cc1. The van der Waals surface area contributed by atoms with E-state index in [1.807, 2.05) is 24.3 Å². The zero-order valence-electron chi connectivity index (χ0n) is 11.3. The van der Waals surface area contributed by atoms with Crippen molar-refractivity contribution in [3.8, 4) is 0 Å². The topological polar surface area (TPSA) is 29.1 Å². The van der Waals surface area contributed by atoms with Crippen molar-refractivity contribution in [1.29, 1.82) is 0 Å². The Morgan fingerprint density at radius 1 is 1.22 bits per heavy atom. The average molecular weight is 288 g/mol. The lowest BCUT2D eigenvalue weighted by Gasteiger charge is -2.20. The van der Waals surface area contributed by atoms with E-state index in [1.165, 1.54) is 0 Å². The molecule has 1 atom stereocenters. The monoisotopic (exact) mass is 287 g/mol. The van der Waals surface area contributed by atoms with Gasteiger partial charge in [0, 0.05) is 32.9 Å². The second-order valence-electron chi connectivity index (χ2n) is 5.45. The van der Waals surface area contributed by atoms with Crippen molar-refractivity contribution < 1.29 is 4.21 Å². The number of hydrogen-bond donors (Lipinski definition) is 1. The summed E-state index contributed by atoms with van der Waals surface area (Å²) in [7, 11) is -0.789. The first-order chi connectivity index (χ1) is 8.37. The zero-order valence-corrected chi connectivity index (χ0v) is 12.9. The minimum Gasteiger partial charge on any atom is -0.312 e. The lowest BCUT2D eigenvalue weighted by molar-refractivity contribution is 0.427. The molecule has 0 saturated carbocycles. The van der Waals surface area contributed by atoms with Crippen LogP contribution >= 0.6 is 11.6 Å². The van der Waals surface area contributed by atoms with E-state index in [-0.39, 0.29) is 5.54 Å². The van der Waals surface area contributed by atoms with Crippen LogP contribution < -0.4 is 5.32 Å². The smallest absolute Gasteiger partial charge is 0.0485 e. The molecule has 18 heavy (non-hydrogen) atoms. The average Bonchev–Trinajstić information content (AvgIpc) is 2.26. The van der Waals surface area contributed by atoms with Crippen LogP contribution in [-0.4, -0.2) is 22.0 Å². The van der Waals surface area contributed by atoms with Crippen molar-refractivity contribution in [3.05, 3.63) is 34.9 Å². The quantitative estimate of drug-likeness (QED) is 0.813. The summed E-state index contributed by atoms with van der Waals surface area (Å²) < 4.78 is 11.9.